The second-order valence-electron chi connectivity index (χ2n) is 7.79. The lowest BCUT2D eigenvalue weighted by molar-refractivity contribution is -0.0384. The summed E-state index contributed by atoms with van der Waals surface area (Å²) in [6.45, 7) is 0. The Morgan fingerprint density at radius 2 is 1.76 bits per heavy atom. The Morgan fingerprint density at radius 3 is 2.42 bits per heavy atom. The van der Waals surface area contributed by atoms with E-state index in [2.05, 4.69) is 20.3 Å². The average Bonchev–Trinajstić information content (AvgIpc) is 2.81. The van der Waals surface area contributed by atoms with E-state index in [0.717, 1.165) is 18.2 Å². The highest BCUT2D eigenvalue weighted by atomic mass is 19.3. The Morgan fingerprint density at radius 1 is 1.06 bits per heavy atom. The van der Waals surface area contributed by atoms with Gasteiger partial charge in [-0.05, 0) is 37.1 Å². The summed E-state index contributed by atoms with van der Waals surface area (Å²) >= 11 is 0. The molecule has 2 heterocycles. The van der Waals surface area contributed by atoms with Crippen molar-refractivity contribution in [3.05, 3.63) is 65.7 Å². The zero-order valence-electron chi connectivity index (χ0n) is 17.6. The van der Waals surface area contributed by atoms with Gasteiger partial charge in [0.1, 0.15) is 11.6 Å². The van der Waals surface area contributed by atoms with Crippen molar-refractivity contribution in [2.45, 2.75) is 37.5 Å². The van der Waals surface area contributed by atoms with Crippen LogP contribution in [0.1, 0.15) is 47.7 Å². The number of carbonyl (C=O) groups is 1. The van der Waals surface area contributed by atoms with Gasteiger partial charge in [0, 0.05) is 48.5 Å². The molecule has 0 bridgehead atoms. The minimum atomic E-state index is -2.76. The summed E-state index contributed by atoms with van der Waals surface area (Å²) in [6, 6.07) is 4.49. The molecular weight excluding hydrogens is 440 g/mol. The number of rotatable bonds is 5. The van der Waals surface area contributed by atoms with Gasteiger partial charge in [-0.25, -0.2) is 27.5 Å². The number of alkyl halides is 2. The lowest BCUT2D eigenvalue weighted by Gasteiger charge is -2.29. The van der Waals surface area contributed by atoms with E-state index in [1.165, 1.54) is 31.8 Å². The van der Waals surface area contributed by atoms with Crippen LogP contribution in [0.2, 0.25) is 0 Å². The Balaban J connectivity index is 1.77. The topological polar surface area (TPSA) is 77.0 Å². The molecule has 1 aromatic carbocycles. The van der Waals surface area contributed by atoms with Crippen molar-refractivity contribution in [3.8, 4) is 17.1 Å². The first kappa shape index (κ1) is 22.6. The first-order valence-corrected chi connectivity index (χ1v) is 10.3. The zero-order valence-corrected chi connectivity index (χ0v) is 17.6. The summed E-state index contributed by atoms with van der Waals surface area (Å²) in [6.07, 6.45) is 3.54. The van der Waals surface area contributed by atoms with Crippen molar-refractivity contribution >= 4 is 11.6 Å². The van der Waals surface area contributed by atoms with E-state index in [4.69, 9.17) is 4.74 Å². The number of pyridine rings is 1. The number of amides is 1. The fourth-order valence-electron chi connectivity index (χ4n) is 3.89. The fourth-order valence-corrected chi connectivity index (χ4v) is 3.89. The van der Waals surface area contributed by atoms with E-state index in [1.54, 1.807) is 0 Å². The lowest BCUT2D eigenvalue weighted by atomic mass is 9.83. The van der Waals surface area contributed by atoms with Crippen LogP contribution < -0.4 is 10.1 Å². The van der Waals surface area contributed by atoms with E-state index in [9.17, 15) is 22.4 Å². The van der Waals surface area contributed by atoms with E-state index >= 15 is 0 Å². The number of hydrogen-bond donors (Lipinski definition) is 1. The van der Waals surface area contributed by atoms with E-state index < -0.39 is 23.5 Å². The number of nitrogens with zero attached hydrogens (tertiary/aromatic N) is 3. The smallest absolute Gasteiger partial charge is 0.316 e. The molecule has 4 rings (SSSR count). The third kappa shape index (κ3) is 4.94. The molecule has 6 nitrogen and oxygen atoms in total. The summed E-state index contributed by atoms with van der Waals surface area (Å²) in [5, 5.41) is 2.70. The molecule has 2 aromatic heterocycles. The molecule has 10 heteroatoms. The van der Waals surface area contributed by atoms with Gasteiger partial charge in [-0.2, -0.15) is 0 Å². The molecule has 33 heavy (non-hydrogen) atoms. The molecule has 1 aliphatic carbocycles. The van der Waals surface area contributed by atoms with Gasteiger partial charge in [-0.3, -0.25) is 9.78 Å². The van der Waals surface area contributed by atoms with Gasteiger partial charge in [0.2, 0.25) is 5.92 Å². The third-order valence-electron chi connectivity index (χ3n) is 5.61. The minimum absolute atomic E-state index is 0.0688. The average molecular weight is 460 g/mol. The summed E-state index contributed by atoms with van der Waals surface area (Å²) < 4.78 is 60.9. The Bertz CT molecular complexity index is 1160. The van der Waals surface area contributed by atoms with Crippen molar-refractivity contribution in [2.75, 3.05) is 12.4 Å². The van der Waals surface area contributed by atoms with Gasteiger partial charge in [-0.1, -0.05) is 0 Å². The van der Waals surface area contributed by atoms with Crippen LogP contribution in [0.4, 0.5) is 23.2 Å². The number of aromatic nitrogens is 3. The van der Waals surface area contributed by atoms with E-state index in [1.807, 2.05) is 0 Å². The van der Waals surface area contributed by atoms with Crippen LogP contribution >= 0.6 is 0 Å². The van der Waals surface area contributed by atoms with Gasteiger partial charge in [0.25, 0.3) is 5.91 Å². The molecule has 0 saturated heterocycles. The van der Waals surface area contributed by atoms with Gasteiger partial charge in [-0.15, -0.1) is 0 Å². The monoisotopic (exact) mass is 460 g/mol. The molecule has 1 amide bonds. The molecule has 0 spiro atoms. The number of halogens is 4. The summed E-state index contributed by atoms with van der Waals surface area (Å²) in [7, 11) is 1.38. The molecule has 0 aliphatic heterocycles. The lowest BCUT2D eigenvalue weighted by Crippen LogP contribution is -2.25. The highest BCUT2D eigenvalue weighted by Gasteiger charge is 2.37. The quantitative estimate of drug-likeness (QED) is 0.518. The van der Waals surface area contributed by atoms with Crippen LogP contribution in [0.5, 0.6) is 6.01 Å². The van der Waals surface area contributed by atoms with Crippen molar-refractivity contribution < 1.29 is 27.1 Å². The van der Waals surface area contributed by atoms with Crippen LogP contribution in [-0.2, 0) is 0 Å². The van der Waals surface area contributed by atoms with Crippen LogP contribution in [0.25, 0.3) is 11.1 Å². The number of carbonyl (C=O) groups excluding carboxylic acids is 1. The van der Waals surface area contributed by atoms with E-state index in [-0.39, 0.29) is 60.0 Å². The largest absolute Gasteiger partial charge is 0.467 e. The predicted octanol–water partition coefficient (Wildman–Crippen LogP) is 5.37. The van der Waals surface area contributed by atoms with Crippen molar-refractivity contribution in [2.24, 2.45) is 0 Å². The highest BCUT2D eigenvalue weighted by Crippen LogP contribution is 2.44. The second kappa shape index (κ2) is 9.13. The molecule has 1 saturated carbocycles. The minimum Gasteiger partial charge on any atom is -0.467 e. The maximum Gasteiger partial charge on any atom is 0.316 e. The first-order chi connectivity index (χ1) is 15.8. The number of ether oxygens (including phenoxy) is 1. The van der Waals surface area contributed by atoms with E-state index in [0.29, 0.717) is 5.69 Å². The molecule has 1 fully saturated rings. The standard InChI is InChI=1S/C23H20F4N4O2/c1-33-22-29-11-14(12-30-22)21(32)31-20-16(17-10-15(24)2-3-18(17)25)6-9-28-19(20)13-4-7-23(26,27)8-5-13/h2-3,6,9-13H,4-5,7-8H2,1H3,(H,31,32). The summed E-state index contributed by atoms with van der Waals surface area (Å²) in [4.78, 5) is 25.1. The Kier molecular flexibility index (Phi) is 6.26. The molecular formula is C23H20F4N4O2. The maximum absolute atomic E-state index is 14.6. The van der Waals surface area contributed by atoms with Crippen molar-refractivity contribution in [1.29, 1.82) is 0 Å². The molecule has 1 N–H and O–H groups in total. The van der Waals surface area contributed by atoms with Gasteiger partial charge in [0.05, 0.1) is 24.1 Å². The van der Waals surface area contributed by atoms with Crippen LogP contribution in [0, 0.1) is 11.6 Å². The van der Waals surface area contributed by atoms with Crippen molar-refractivity contribution in [3.63, 3.8) is 0 Å². The Labute approximate surface area is 187 Å². The van der Waals surface area contributed by atoms with Gasteiger partial charge >= 0.3 is 6.01 Å². The maximum atomic E-state index is 14.6. The molecule has 3 aromatic rings. The first-order valence-electron chi connectivity index (χ1n) is 10.3. The van der Waals surface area contributed by atoms with Crippen LogP contribution in [0.3, 0.4) is 0 Å². The number of hydrogen-bond acceptors (Lipinski definition) is 5. The molecule has 0 radical (unpaired) electrons. The van der Waals surface area contributed by atoms with Gasteiger partial charge in [0.15, 0.2) is 0 Å². The summed E-state index contributed by atoms with van der Waals surface area (Å²) in [5.41, 5.74) is 0.678. The molecule has 0 unspecified atom stereocenters. The van der Waals surface area contributed by atoms with Crippen LogP contribution in [-0.4, -0.2) is 33.9 Å². The number of anilines is 1. The summed E-state index contributed by atoms with van der Waals surface area (Å²) in [5.74, 6) is -5.13. The molecule has 1 aliphatic rings. The second-order valence-corrected chi connectivity index (χ2v) is 7.79. The molecule has 0 atom stereocenters. The van der Waals surface area contributed by atoms with Crippen LogP contribution in [0.15, 0.2) is 42.9 Å². The normalized spacial score (nSPS) is 15.8. The predicted molar refractivity (Wildman–Crippen MR) is 112 cm³/mol. The van der Waals surface area contributed by atoms with Gasteiger partial charge < -0.3 is 10.1 Å². The zero-order chi connectivity index (χ0) is 23.6. The number of benzene rings is 1. The fraction of sp³-hybridized carbons (Fsp3) is 0.304. The highest BCUT2D eigenvalue weighted by molar-refractivity contribution is 6.06. The molecule has 172 valence electrons. The Hall–Kier alpha value is -3.56. The third-order valence-corrected chi connectivity index (χ3v) is 5.61. The number of methoxy groups -OCH3 is 1. The number of nitrogens with one attached hydrogen (secondary N) is 1. The van der Waals surface area contributed by atoms with Crippen molar-refractivity contribution in [1.82, 2.24) is 15.0 Å². The SMILES string of the molecule is COc1ncc(C(=O)Nc2c(-c3cc(F)ccc3F)ccnc2C2CCC(F)(F)CC2)cn1.